The topological polar surface area (TPSA) is 61.8 Å². The van der Waals surface area contributed by atoms with Crippen LogP contribution >= 0.6 is 0 Å². The Labute approximate surface area is 396 Å². The molecule has 0 N–H and O–H groups in total. The van der Waals surface area contributed by atoms with Crippen LogP contribution < -0.4 is 0 Å². The zero-order valence-corrected chi connectivity index (χ0v) is 42.0. The van der Waals surface area contributed by atoms with E-state index in [1.165, 1.54) is 116 Å². The first-order valence-electron chi connectivity index (χ1n) is 26.8. The Morgan fingerprint density at radius 1 is 0.359 bits per heavy atom. The van der Waals surface area contributed by atoms with E-state index in [4.69, 9.17) is 14.2 Å². The van der Waals surface area contributed by atoms with Crippen molar-refractivity contribution in [1.82, 2.24) is 0 Å². The maximum absolute atomic E-state index is 12.8. The Kier molecular flexibility index (Phi) is 51.5. The van der Waals surface area contributed by atoms with E-state index >= 15 is 0 Å². The van der Waals surface area contributed by atoms with Gasteiger partial charge in [-0.05, 0) is 83.5 Å². The molecule has 0 aromatic carbocycles. The minimum absolute atomic E-state index is 0.0464. The van der Waals surface area contributed by atoms with Gasteiger partial charge < -0.3 is 14.2 Å². The van der Waals surface area contributed by atoms with Gasteiger partial charge in [-0.1, -0.05) is 240 Å². The summed E-state index contributed by atoms with van der Waals surface area (Å²) in [5, 5.41) is 0. The van der Waals surface area contributed by atoms with Gasteiger partial charge in [0.2, 0.25) is 0 Å². The molecule has 0 saturated carbocycles. The lowest BCUT2D eigenvalue weighted by atomic mass is 10.0. The summed E-state index contributed by atoms with van der Waals surface area (Å²) in [6.07, 6.45) is 72.9. The SMILES string of the molecule is CC/C=C\C/C=C\C/C=C\C/C=C\CCCCCCCOCC(COC(=O)CCCCCCCCCCCCCCCCCCC)OC(=O)CC/C=C\C/C=C\C/C=C\C/C=C\CC. The highest BCUT2D eigenvalue weighted by atomic mass is 16.6. The van der Waals surface area contributed by atoms with Gasteiger partial charge >= 0.3 is 11.9 Å². The van der Waals surface area contributed by atoms with Crippen LogP contribution in [0.5, 0.6) is 0 Å². The molecular weight excluding hydrogens is 789 g/mol. The lowest BCUT2D eigenvalue weighted by Crippen LogP contribution is -2.30. The predicted octanol–water partition coefficient (Wildman–Crippen LogP) is 18.2. The fourth-order valence-corrected chi connectivity index (χ4v) is 7.22. The Hall–Kier alpha value is -3.18. The molecule has 0 fully saturated rings. The Morgan fingerprint density at radius 2 is 0.734 bits per heavy atom. The van der Waals surface area contributed by atoms with E-state index in [-0.39, 0.29) is 25.2 Å². The number of esters is 2. The van der Waals surface area contributed by atoms with Gasteiger partial charge in [-0.3, -0.25) is 9.59 Å². The number of allylic oxidation sites excluding steroid dienone is 16. The molecule has 0 aliphatic heterocycles. The van der Waals surface area contributed by atoms with Crippen molar-refractivity contribution in [3.8, 4) is 0 Å². The van der Waals surface area contributed by atoms with E-state index < -0.39 is 6.10 Å². The summed E-state index contributed by atoms with van der Waals surface area (Å²) in [6, 6.07) is 0. The average Bonchev–Trinajstić information content (AvgIpc) is 3.30. The van der Waals surface area contributed by atoms with Gasteiger partial charge in [-0.2, -0.15) is 0 Å². The molecule has 0 radical (unpaired) electrons. The van der Waals surface area contributed by atoms with Crippen molar-refractivity contribution >= 4 is 11.9 Å². The van der Waals surface area contributed by atoms with E-state index in [0.717, 1.165) is 83.5 Å². The second-order valence-electron chi connectivity index (χ2n) is 17.4. The fraction of sp³-hybridized carbons (Fsp3) is 0.695. The quantitative estimate of drug-likeness (QED) is 0.0346. The minimum atomic E-state index is -0.587. The van der Waals surface area contributed by atoms with Gasteiger partial charge in [-0.25, -0.2) is 0 Å². The molecule has 0 aliphatic carbocycles. The van der Waals surface area contributed by atoms with Crippen LogP contribution in [0.1, 0.15) is 239 Å². The van der Waals surface area contributed by atoms with Gasteiger partial charge in [0.15, 0.2) is 6.10 Å². The molecule has 0 aromatic rings. The van der Waals surface area contributed by atoms with Gasteiger partial charge in [0, 0.05) is 19.4 Å². The van der Waals surface area contributed by atoms with E-state index in [2.05, 4.69) is 112 Å². The number of rotatable bonds is 48. The van der Waals surface area contributed by atoms with E-state index in [1.807, 2.05) is 6.08 Å². The van der Waals surface area contributed by atoms with Crippen molar-refractivity contribution in [3.63, 3.8) is 0 Å². The molecule has 64 heavy (non-hydrogen) atoms. The van der Waals surface area contributed by atoms with Crippen LogP contribution in [0.25, 0.3) is 0 Å². The average molecular weight is 889 g/mol. The lowest BCUT2D eigenvalue weighted by Gasteiger charge is -2.18. The molecule has 5 heteroatoms. The fourth-order valence-electron chi connectivity index (χ4n) is 7.22. The number of ether oxygens (including phenoxy) is 3. The first-order valence-corrected chi connectivity index (χ1v) is 26.8. The maximum atomic E-state index is 12.8. The van der Waals surface area contributed by atoms with Gasteiger partial charge in [-0.15, -0.1) is 0 Å². The van der Waals surface area contributed by atoms with Crippen LogP contribution in [0.4, 0.5) is 0 Å². The van der Waals surface area contributed by atoms with Crippen molar-refractivity contribution in [2.75, 3.05) is 19.8 Å². The molecule has 5 nitrogen and oxygen atoms in total. The van der Waals surface area contributed by atoms with Gasteiger partial charge in [0.25, 0.3) is 0 Å². The largest absolute Gasteiger partial charge is 0.462 e. The molecule has 1 unspecified atom stereocenters. The van der Waals surface area contributed by atoms with Crippen molar-refractivity contribution in [1.29, 1.82) is 0 Å². The zero-order chi connectivity index (χ0) is 46.3. The third-order valence-electron chi connectivity index (χ3n) is 11.1. The molecule has 1 atom stereocenters. The highest BCUT2D eigenvalue weighted by Gasteiger charge is 2.17. The second kappa shape index (κ2) is 54.2. The third kappa shape index (κ3) is 51.5. The molecular formula is C59H100O5. The molecule has 0 amide bonds. The Balaban J connectivity index is 4.36. The van der Waals surface area contributed by atoms with Crippen molar-refractivity contribution in [3.05, 3.63) is 97.2 Å². The summed E-state index contributed by atoms with van der Waals surface area (Å²) in [5.41, 5.74) is 0. The van der Waals surface area contributed by atoms with Gasteiger partial charge in [0.05, 0.1) is 6.61 Å². The summed E-state index contributed by atoms with van der Waals surface area (Å²) >= 11 is 0. The molecule has 0 saturated heterocycles. The predicted molar refractivity (Wildman–Crippen MR) is 279 cm³/mol. The highest BCUT2D eigenvalue weighted by molar-refractivity contribution is 5.70. The summed E-state index contributed by atoms with van der Waals surface area (Å²) in [4.78, 5) is 25.4. The van der Waals surface area contributed by atoms with Gasteiger partial charge in [0.1, 0.15) is 6.61 Å². The van der Waals surface area contributed by atoms with E-state index in [0.29, 0.717) is 25.9 Å². The van der Waals surface area contributed by atoms with Crippen molar-refractivity contribution < 1.29 is 23.8 Å². The van der Waals surface area contributed by atoms with Crippen LogP contribution in [0, 0.1) is 0 Å². The van der Waals surface area contributed by atoms with Crippen molar-refractivity contribution in [2.24, 2.45) is 0 Å². The summed E-state index contributed by atoms with van der Waals surface area (Å²) in [5.74, 6) is -0.499. The molecule has 366 valence electrons. The number of hydrogen-bond donors (Lipinski definition) is 0. The normalized spacial score (nSPS) is 13.0. The van der Waals surface area contributed by atoms with Crippen LogP contribution in [0.2, 0.25) is 0 Å². The smallest absolute Gasteiger partial charge is 0.306 e. The third-order valence-corrected chi connectivity index (χ3v) is 11.1. The molecule has 0 heterocycles. The summed E-state index contributed by atoms with van der Waals surface area (Å²) in [7, 11) is 0. The first-order chi connectivity index (χ1) is 31.6. The minimum Gasteiger partial charge on any atom is -0.462 e. The molecule has 0 aliphatic rings. The monoisotopic (exact) mass is 889 g/mol. The van der Waals surface area contributed by atoms with E-state index in [9.17, 15) is 9.59 Å². The number of carbonyl (C=O) groups excluding carboxylic acids is 2. The Morgan fingerprint density at radius 3 is 1.19 bits per heavy atom. The molecule has 0 bridgehead atoms. The standard InChI is InChI=1S/C59H100O5/c1-4-7-10-13-16-19-22-25-27-29-31-33-36-39-42-45-48-51-54-62-55-57(64-59(61)53-50-47-44-41-38-34-24-21-18-15-12-9-6-3)56-63-58(60)52-49-46-43-40-37-35-32-30-28-26-23-20-17-14-11-8-5-2/h7,9-10,12,16,18-19,21,25,27,31,33-34,38,44,47,57H,4-6,8,11,13-15,17,20,22-24,26,28-30,32,35-37,39-43,45-46,48-56H2,1-3H3/b10-7-,12-9-,19-16-,21-18-,27-25-,33-31-,38-34-,47-44-. The van der Waals surface area contributed by atoms with Crippen LogP contribution in [-0.2, 0) is 23.8 Å². The summed E-state index contributed by atoms with van der Waals surface area (Å²) in [6.45, 7) is 7.49. The maximum Gasteiger partial charge on any atom is 0.306 e. The first kappa shape index (κ1) is 60.8. The summed E-state index contributed by atoms with van der Waals surface area (Å²) < 4.78 is 17.3. The van der Waals surface area contributed by atoms with Crippen LogP contribution in [0.15, 0.2) is 97.2 Å². The molecule has 0 spiro atoms. The highest BCUT2D eigenvalue weighted by Crippen LogP contribution is 2.15. The van der Waals surface area contributed by atoms with Crippen LogP contribution in [0.3, 0.4) is 0 Å². The van der Waals surface area contributed by atoms with Crippen LogP contribution in [-0.4, -0.2) is 37.9 Å². The number of carbonyl (C=O) groups is 2. The van der Waals surface area contributed by atoms with E-state index in [1.54, 1.807) is 0 Å². The number of hydrogen-bond acceptors (Lipinski definition) is 5. The molecule has 0 aromatic heterocycles. The lowest BCUT2D eigenvalue weighted by molar-refractivity contribution is -0.162. The zero-order valence-electron chi connectivity index (χ0n) is 42.0. The number of unbranched alkanes of at least 4 members (excludes halogenated alkanes) is 21. The second-order valence-corrected chi connectivity index (χ2v) is 17.4. The molecule has 0 rings (SSSR count). The van der Waals surface area contributed by atoms with Crippen molar-refractivity contribution in [2.45, 2.75) is 245 Å². The Bertz CT molecular complexity index is 1230.